The van der Waals surface area contributed by atoms with Crippen LogP contribution in [0.15, 0.2) is 24.3 Å². The molecule has 0 spiro atoms. The van der Waals surface area contributed by atoms with E-state index in [1.165, 1.54) is 61.6 Å². The van der Waals surface area contributed by atoms with Gasteiger partial charge in [0.15, 0.2) is 0 Å². The summed E-state index contributed by atoms with van der Waals surface area (Å²) in [6.45, 7) is 7.01. The Morgan fingerprint density at radius 2 is 1.32 bits per heavy atom. The number of carbonyl (C=O) groups excluding carboxylic acids is 1. The molecule has 2 rings (SSSR count). The van der Waals surface area contributed by atoms with Crippen LogP contribution < -0.4 is 2.89 Å². The van der Waals surface area contributed by atoms with E-state index in [0.29, 0.717) is 0 Å². The maximum atomic E-state index is 11.0. The Kier molecular flexibility index (Phi) is 9.22. The van der Waals surface area contributed by atoms with Crippen molar-refractivity contribution in [3.05, 3.63) is 29.1 Å². The Morgan fingerprint density at radius 3 is 1.80 bits per heavy atom. The van der Waals surface area contributed by atoms with Gasteiger partial charge in [0.2, 0.25) is 0 Å². The van der Waals surface area contributed by atoms with Crippen LogP contribution in [0.4, 0.5) is 0 Å². The summed E-state index contributed by atoms with van der Waals surface area (Å²) in [6, 6.07) is 8.87. The van der Waals surface area contributed by atoms with E-state index in [-0.39, 0.29) is 0 Å². The van der Waals surface area contributed by atoms with Crippen LogP contribution in [-0.4, -0.2) is 24.7 Å². The fourth-order valence-corrected chi connectivity index (χ4v) is 24.6. The molecule has 0 radical (unpaired) electrons. The Hall–Kier alpha value is -0.131. The average Bonchev–Trinajstić information content (AvgIpc) is 3.30. The summed E-state index contributed by atoms with van der Waals surface area (Å²) in [4.78, 5) is 14.5. The van der Waals surface area contributed by atoms with Gasteiger partial charge >= 0.3 is 167 Å². The number of hydrogen-bond acceptors (Lipinski definition) is 3. The van der Waals surface area contributed by atoms with Gasteiger partial charge in [-0.05, 0) is 0 Å². The molecule has 0 aliphatic rings. The number of aldehydes is 1. The van der Waals surface area contributed by atoms with Crippen LogP contribution in [-0.2, 0) is 0 Å². The van der Waals surface area contributed by atoms with Crippen molar-refractivity contribution in [3.8, 4) is 9.75 Å². The summed E-state index contributed by atoms with van der Waals surface area (Å²) in [5.41, 5.74) is 0. The maximum absolute atomic E-state index is 11.0. The molecule has 0 aliphatic heterocycles. The molecule has 2 aromatic rings. The fraction of sp³-hybridized carbons (Fsp3) is 0.571. The molecule has 0 amide bonds. The molecule has 0 saturated carbocycles. The molecule has 138 valence electrons. The van der Waals surface area contributed by atoms with Crippen LogP contribution in [0.3, 0.4) is 0 Å². The van der Waals surface area contributed by atoms with Crippen molar-refractivity contribution in [2.75, 3.05) is 0 Å². The summed E-state index contributed by atoms with van der Waals surface area (Å²) >= 11 is 1.39. The third-order valence-electron chi connectivity index (χ3n) is 5.14. The van der Waals surface area contributed by atoms with Crippen LogP contribution in [0.1, 0.15) is 69.0 Å². The molecule has 0 aliphatic carbocycles. The SMILES string of the molecule is CCC[CH2][Sn]([CH2]CCC)([CH2]CCC)[c]1ccc(-c2ccc(C=O)s2)s1. The van der Waals surface area contributed by atoms with E-state index in [0.717, 1.165) is 11.2 Å². The topological polar surface area (TPSA) is 17.1 Å². The molecule has 25 heavy (non-hydrogen) atoms. The van der Waals surface area contributed by atoms with Gasteiger partial charge in [-0.25, -0.2) is 0 Å². The second kappa shape index (κ2) is 10.9. The van der Waals surface area contributed by atoms with Crippen LogP contribution in [0, 0.1) is 0 Å². The first kappa shape index (κ1) is 21.2. The number of hydrogen-bond donors (Lipinski definition) is 0. The predicted octanol–water partition coefficient (Wildman–Crippen LogP) is 7.35. The number of rotatable bonds is 12. The van der Waals surface area contributed by atoms with Crippen LogP contribution >= 0.6 is 22.7 Å². The van der Waals surface area contributed by atoms with Crippen LogP contribution in [0.5, 0.6) is 0 Å². The van der Waals surface area contributed by atoms with Gasteiger partial charge in [-0.3, -0.25) is 0 Å². The molecule has 0 bridgehead atoms. The van der Waals surface area contributed by atoms with Crippen molar-refractivity contribution in [2.24, 2.45) is 0 Å². The number of unbranched alkanes of at least 4 members (excludes halogenated alkanes) is 3. The van der Waals surface area contributed by atoms with E-state index in [9.17, 15) is 4.79 Å². The van der Waals surface area contributed by atoms with Gasteiger partial charge in [-0.15, -0.1) is 0 Å². The first-order chi connectivity index (χ1) is 12.2. The standard InChI is InChI=1S/C9H5OS2.3C4H9.Sn/c10-6-7-3-4-9(12-7)8-2-1-5-11-8;3*1-3-4-2;/h1-4,6H;3*1,3-4H2,2H3;. The summed E-state index contributed by atoms with van der Waals surface area (Å²) in [6.07, 6.45) is 9.16. The molecule has 0 atom stereocenters. The van der Waals surface area contributed by atoms with Crippen molar-refractivity contribution >= 4 is 50.2 Å². The van der Waals surface area contributed by atoms with Crippen molar-refractivity contribution < 1.29 is 4.79 Å². The molecule has 2 aromatic heterocycles. The second-order valence-corrected chi connectivity index (χ2v) is 23.4. The Bertz CT molecular complexity index is 622. The molecular formula is C21H32OS2Sn. The molecule has 0 aromatic carbocycles. The fourth-order valence-electron chi connectivity index (χ4n) is 3.59. The van der Waals surface area contributed by atoms with Gasteiger partial charge < -0.3 is 0 Å². The predicted molar refractivity (Wildman–Crippen MR) is 118 cm³/mol. The molecular weight excluding hydrogens is 451 g/mol. The van der Waals surface area contributed by atoms with Gasteiger partial charge in [0, 0.05) is 0 Å². The first-order valence-electron chi connectivity index (χ1n) is 9.84. The van der Waals surface area contributed by atoms with Gasteiger partial charge in [0.25, 0.3) is 0 Å². The minimum atomic E-state index is -2.29. The van der Waals surface area contributed by atoms with E-state index in [2.05, 4.69) is 50.3 Å². The third kappa shape index (κ3) is 5.67. The normalized spacial score (nSPS) is 11.8. The summed E-state index contributed by atoms with van der Waals surface area (Å²) in [5.74, 6) is 0. The van der Waals surface area contributed by atoms with Gasteiger partial charge in [-0.2, -0.15) is 0 Å². The zero-order chi connectivity index (χ0) is 18.1. The molecule has 0 fully saturated rings. The van der Waals surface area contributed by atoms with Crippen molar-refractivity contribution in [1.29, 1.82) is 0 Å². The molecule has 2 heterocycles. The third-order valence-corrected chi connectivity index (χ3v) is 25.7. The van der Waals surface area contributed by atoms with E-state index in [1.54, 1.807) is 14.2 Å². The molecule has 0 saturated heterocycles. The van der Waals surface area contributed by atoms with Crippen molar-refractivity contribution in [3.63, 3.8) is 0 Å². The van der Waals surface area contributed by atoms with Gasteiger partial charge in [0.05, 0.1) is 0 Å². The van der Waals surface area contributed by atoms with Gasteiger partial charge in [0.1, 0.15) is 0 Å². The first-order valence-corrected chi connectivity index (χ1v) is 19.0. The summed E-state index contributed by atoms with van der Waals surface area (Å²) < 4.78 is 6.35. The van der Waals surface area contributed by atoms with Crippen molar-refractivity contribution in [1.82, 2.24) is 0 Å². The quantitative estimate of drug-likeness (QED) is 0.228. The van der Waals surface area contributed by atoms with Crippen LogP contribution in [0.25, 0.3) is 9.75 Å². The minimum absolute atomic E-state index is 0.836. The van der Waals surface area contributed by atoms with Gasteiger partial charge in [-0.1, -0.05) is 0 Å². The van der Waals surface area contributed by atoms with E-state index < -0.39 is 18.4 Å². The monoisotopic (exact) mass is 484 g/mol. The summed E-state index contributed by atoms with van der Waals surface area (Å²) in [7, 11) is 0. The molecule has 4 heteroatoms. The Balaban J connectivity index is 2.32. The van der Waals surface area contributed by atoms with E-state index in [4.69, 9.17) is 0 Å². The zero-order valence-corrected chi connectivity index (χ0v) is 20.5. The average molecular weight is 483 g/mol. The van der Waals surface area contributed by atoms with Crippen molar-refractivity contribution in [2.45, 2.75) is 72.6 Å². The second-order valence-electron chi connectivity index (χ2n) is 7.07. The van der Waals surface area contributed by atoms with E-state index in [1.807, 2.05) is 6.07 Å². The Morgan fingerprint density at radius 1 is 0.800 bits per heavy atom. The number of carbonyl (C=O) groups is 1. The van der Waals surface area contributed by atoms with Crippen LogP contribution in [0.2, 0.25) is 13.3 Å². The number of thiophene rings is 2. The molecule has 0 unspecified atom stereocenters. The Labute approximate surface area is 165 Å². The molecule has 1 nitrogen and oxygen atoms in total. The molecule has 0 N–H and O–H groups in total. The summed E-state index contributed by atoms with van der Waals surface area (Å²) in [5, 5.41) is 0. The van der Waals surface area contributed by atoms with E-state index >= 15 is 0 Å². The zero-order valence-electron chi connectivity index (χ0n) is 16.0.